The average Bonchev–Trinajstić information content (AvgIpc) is 2.27. The fourth-order valence-electron chi connectivity index (χ4n) is 1.51. The Labute approximate surface area is 113 Å². The zero-order valence-electron chi connectivity index (χ0n) is 11.0. The van der Waals surface area contributed by atoms with Crippen LogP contribution in [0.1, 0.15) is 20.3 Å². The number of hydrogen-bond acceptors (Lipinski definition) is 4. The van der Waals surface area contributed by atoms with E-state index in [4.69, 9.17) is 5.14 Å². The molecule has 0 aliphatic rings. The van der Waals surface area contributed by atoms with Crippen molar-refractivity contribution in [3.05, 3.63) is 24.3 Å². The highest BCUT2D eigenvalue weighted by molar-refractivity contribution is 7.89. The summed E-state index contributed by atoms with van der Waals surface area (Å²) in [6.45, 7) is 4.49. The van der Waals surface area contributed by atoms with Crippen LogP contribution in [-0.2, 0) is 14.8 Å². The summed E-state index contributed by atoms with van der Waals surface area (Å²) < 4.78 is 22.7. The smallest absolute Gasteiger partial charge is 0.240 e. The van der Waals surface area contributed by atoms with Gasteiger partial charge < -0.3 is 10.6 Å². The SMILES string of the molecule is CC(C)NCCC(=O)Nc1ccccc1S(N)(=O)=O. The van der Waals surface area contributed by atoms with Crippen molar-refractivity contribution in [2.24, 2.45) is 5.14 Å². The number of carbonyl (C=O) groups is 1. The van der Waals surface area contributed by atoms with Crippen LogP contribution in [0.25, 0.3) is 0 Å². The van der Waals surface area contributed by atoms with Crippen LogP contribution in [0, 0.1) is 0 Å². The molecule has 0 spiro atoms. The third-order valence-electron chi connectivity index (χ3n) is 2.37. The molecular weight excluding hydrogens is 266 g/mol. The van der Waals surface area contributed by atoms with Crippen molar-refractivity contribution in [2.45, 2.75) is 31.2 Å². The van der Waals surface area contributed by atoms with Crippen molar-refractivity contribution in [1.29, 1.82) is 0 Å². The van der Waals surface area contributed by atoms with E-state index in [0.29, 0.717) is 12.6 Å². The quantitative estimate of drug-likeness (QED) is 0.714. The van der Waals surface area contributed by atoms with Crippen molar-refractivity contribution in [3.8, 4) is 0 Å². The fourth-order valence-corrected chi connectivity index (χ4v) is 2.20. The van der Waals surface area contributed by atoms with Gasteiger partial charge in [-0.2, -0.15) is 0 Å². The van der Waals surface area contributed by atoms with E-state index < -0.39 is 10.0 Å². The summed E-state index contributed by atoms with van der Waals surface area (Å²) in [6, 6.07) is 6.35. The summed E-state index contributed by atoms with van der Waals surface area (Å²) in [5, 5.41) is 10.7. The molecule has 4 N–H and O–H groups in total. The summed E-state index contributed by atoms with van der Waals surface area (Å²) in [7, 11) is -3.84. The van der Waals surface area contributed by atoms with E-state index in [0.717, 1.165) is 0 Å². The van der Waals surface area contributed by atoms with E-state index in [1.807, 2.05) is 13.8 Å². The molecule has 1 amide bonds. The second-order valence-corrected chi connectivity index (χ2v) is 5.98. The monoisotopic (exact) mass is 285 g/mol. The van der Waals surface area contributed by atoms with Crippen molar-refractivity contribution in [3.63, 3.8) is 0 Å². The second-order valence-electron chi connectivity index (χ2n) is 4.45. The van der Waals surface area contributed by atoms with Gasteiger partial charge in [-0.15, -0.1) is 0 Å². The largest absolute Gasteiger partial charge is 0.325 e. The zero-order valence-corrected chi connectivity index (χ0v) is 11.8. The van der Waals surface area contributed by atoms with E-state index in [2.05, 4.69) is 10.6 Å². The van der Waals surface area contributed by atoms with Crippen LogP contribution in [0.15, 0.2) is 29.2 Å². The van der Waals surface area contributed by atoms with Gasteiger partial charge in [-0.25, -0.2) is 13.6 Å². The number of nitrogens with one attached hydrogen (secondary N) is 2. The summed E-state index contributed by atoms with van der Waals surface area (Å²) in [6.07, 6.45) is 0.261. The number of hydrogen-bond donors (Lipinski definition) is 3. The van der Waals surface area contributed by atoms with Gasteiger partial charge in [-0.3, -0.25) is 4.79 Å². The van der Waals surface area contributed by atoms with Crippen LogP contribution in [-0.4, -0.2) is 26.9 Å². The summed E-state index contributed by atoms with van der Waals surface area (Å²) >= 11 is 0. The van der Waals surface area contributed by atoms with Crippen LogP contribution in [0.3, 0.4) is 0 Å². The van der Waals surface area contributed by atoms with Gasteiger partial charge in [0, 0.05) is 19.0 Å². The highest BCUT2D eigenvalue weighted by atomic mass is 32.2. The molecule has 0 aromatic heterocycles. The van der Waals surface area contributed by atoms with E-state index in [9.17, 15) is 13.2 Å². The molecule has 0 bridgehead atoms. The van der Waals surface area contributed by atoms with E-state index in [-0.39, 0.29) is 22.9 Å². The van der Waals surface area contributed by atoms with E-state index in [1.165, 1.54) is 12.1 Å². The van der Waals surface area contributed by atoms with Crippen molar-refractivity contribution < 1.29 is 13.2 Å². The molecule has 0 aliphatic carbocycles. The minimum absolute atomic E-state index is 0.0832. The van der Waals surface area contributed by atoms with Crippen LogP contribution in [0.2, 0.25) is 0 Å². The van der Waals surface area contributed by atoms with Crippen LogP contribution < -0.4 is 15.8 Å². The van der Waals surface area contributed by atoms with Crippen molar-refractivity contribution >= 4 is 21.6 Å². The highest BCUT2D eigenvalue weighted by Crippen LogP contribution is 2.19. The Morgan fingerprint density at radius 2 is 1.95 bits per heavy atom. The number of amides is 1. The first-order chi connectivity index (χ1) is 8.80. The number of rotatable bonds is 6. The number of para-hydroxylation sites is 1. The normalized spacial score (nSPS) is 11.6. The topological polar surface area (TPSA) is 101 Å². The lowest BCUT2D eigenvalue weighted by atomic mass is 10.3. The Bertz CT molecular complexity index is 541. The van der Waals surface area contributed by atoms with Crippen LogP contribution in [0.5, 0.6) is 0 Å². The maximum absolute atomic E-state index is 11.7. The first-order valence-corrected chi connectivity index (χ1v) is 7.50. The van der Waals surface area contributed by atoms with Gasteiger partial charge >= 0.3 is 0 Å². The Balaban J connectivity index is 2.70. The molecule has 0 fully saturated rings. The molecule has 0 saturated carbocycles. The molecule has 7 heteroatoms. The van der Waals surface area contributed by atoms with Gasteiger partial charge in [0.15, 0.2) is 0 Å². The number of benzene rings is 1. The van der Waals surface area contributed by atoms with Crippen molar-refractivity contribution in [1.82, 2.24) is 5.32 Å². The van der Waals surface area contributed by atoms with Gasteiger partial charge in [0.05, 0.1) is 5.69 Å². The molecule has 0 saturated heterocycles. The predicted octanol–water partition coefficient (Wildman–Crippen LogP) is 0.661. The number of nitrogens with two attached hydrogens (primary N) is 1. The lowest BCUT2D eigenvalue weighted by Crippen LogP contribution is -2.27. The van der Waals surface area contributed by atoms with Gasteiger partial charge in [0.25, 0.3) is 0 Å². The summed E-state index contributed by atoms with van der Waals surface area (Å²) in [5.74, 6) is -0.260. The lowest BCUT2D eigenvalue weighted by molar-refractivity contribution is -0.116. The number of primary sulfonamides is 1. The molecule has 6 nitrogen and oxygen atoms in total. The van der Waals surface area contributed by atoms with Gasteiger partial charge in [-0.05, 0) is 12.1 Å². The molecule has 0 atom stereocenters. The third kappa shape index (κ3) is 5.37. The molecule has 1 aromatic carbocycles. The van der Waals surface area contributed by atoms with Crippen LogP contribution >= 0.6 is 0 Å². The Hall–Kier alpha value is -1.44. The first-order valence-electron chi connectivity index (χ1n) is 5.96. The minimum Gasteiger partial charge on any atom is -0.325 e. The van der Waals surface area contributed by atoms with Gasteiger partial charge in [0.2, 0.25) is 15.9 Å². The predicted molar refractivity (Wildman–Crippen MR) is 74.2 cm³/mol. The average molecular weight is 285 g/mol. The number of anilines is 1. The van der Waals surface area contributed by atoms with Gasteiger partial charge in [-0.1, -0.05) is 26.0 Å². The first kappa shape index (κ1) is 15.6. The fraction of sp³-hybridized carbons (Fsp3) is 0.417. The summed E-state index contributed by atoms with van der Waals surface area (Å²) in [4.78, 5) is 11.6. The lowest BCUT2D eigenvalue weighted by Gasteiger charge is -2.10. The Morgan fingerprint density at radius 1 is 1.32 bits per heavy atom. The molecule has 0 radical (unpaired) electrons. The van der Waals surface area contributed by atoms with Gasteiger partial charge in [0.1, 0.15) is 4.90 Å². The maximum Gasteiger partial charge on any atom is 0.240 e. The Morgan fingerprint density at radius 3 is 2.53 bits per heavy atom. The molecule has 0 unspecified atom stereocenters. The molecule has 1 aromatic rings. The molecule has 0 heterocycles. The zero-order chi connectivity index (χ0) is 14.5. The number of carbonyl (C=O) groups excluding carboxylic acids is 1. The highest BCUT2D eigenvalue weighted by Gasteiger charge is 2.14. The summed E-state index contributed by atoms with van der Waals surface area (Å²) in [5.41, 5.74) is 0.208. The van der Waals surface area contributed by atoms with E-state index >= 15 is 0 Å². The molecule has 19 heavy (non-hydrogen) atoms. The minimum atomic E-state index is -3.84. The van der Waals surface area contributed by atoms with Crippen LogP contribution in [0.4, 0.5) is 5.69 Å². The molecular formula is C12H19N3O3S. The second kappa shape index (κ2) is 6.65. The Kier molecular flexibility index (Phi) is 5.46. The van der Waals surface area contributed by atoms with E-state index in [1.54, 1.807) is 12.1 Å². The molecule has 1 rings (SSSR count). The third-order valence-corrected chi connectivity index (χ3v) is 3.34. The standard InChI is InChI=1S/C12H19N3O3S/c1-9(2)14-8-7-12(16)15-10-5-3-4-6-11(10)19(13,17)18/h3-6,9,14H,7-8H2,1-2H3,(H,15,16)(H2,13,17,18). The molecule has 0 aliphatic heterocycles. The maximum atomic E-state index is 11.7. The number of sulfonamides is 1. The molecule has 106 valence electrons. The van der Waals surface area contributed by atoms with Crippen molar-refractivity contribution in [2.75, 3.05) is 11.9 Å².